The largest absolute Gasteiger partial charge is 0.493 e. The Morgan fingerprint density at radius 1 is 1.09 bits per heavy atom. The molecule has 0 heterocycles. The summed E-state index contributed by atoms with van der Waals surface area (Å²) in [7, 11) is 1.49. The summed E-state index contributed by atoms with van der Waals surface area (Å²) in [5, 5.41) is 27.1. The molecule has 0 aliphatic heterocycles. The van der Waals surface area contributed by atoms with Gasteiger partial charge in [0.2, 0.25) is 0 Å². The third-order valence-corrected chi connectivity index (χ3v) is 5.81. The molecule has 0 aliphatic rings. The van der Waals surface area contributed by atoms with Crippen molar-refractivity contribution < 1.29 is 19.3 Å². The van der Waals surface area contributed by atoms with E-state index in [4.69, 9.17) is 32.7 Å². The van der Waals surface area contributed by atoms with Gasteiger partial charge in [-0.15, -0.1) is 0 Å². The second-order valence-corrected chi connectivity index (χ2v) is 8.65. The van der Waals surface area contributed by atoms with Gasteiger partial charge in [0.25, 0.3) is 5.69 Å². The molecule has 0 saturated heterocycles. The van der Waals surface area contributed by atoms with Crippen LogP contribution in [0.5, 0.6) is 11.5 Å². The highest BCUT2D eigenvalue weighted by Crippen LogP contribution is 2.35. The number of anilines is 1. The van der Waals surface area contributed by atoms with Crippen LogP contribution in [-0.2, 0) is 6.61 Å². The molecule has 10 nitrogen and oxygen atoms in total. The molecule has 34 heavy (non-hydrogen) atoms. The molecular weight excluding hydrogens is 602 g/mol. The number of methoxy groups -OCH3 is 1. The van der Waals surface area contributed by atoms with Gasteiger partial charge in [0.15, 0.2) is 11.5 Å². The van der Waals surface area contributed by atoms with E-state index in [0.29, 0.717) is 27.1 Å². The van der Waals surface area contributed by atoms with Crippen LogP contribution in [0, 0.1) is 23.8 Å². The molecular formula is C21H15Cl2IN4O6. The highest BCUT2D eigenvalue weighted by atomic mass is 127. The maximum atomic E-state index is 11.2. The summed E-state index contributed by atoms with van der Waals surface area (Å²) in [6, 6.07) is 11.8. The zero-order valence-electron chi connectivity index (χ0n) is 17.3. The minimum atomic E-state index is -0.726. The van der Waals surface area contributed by atoms with Gasteiger partial charge in [0.1, 0.15) is 12.3 Å². The molecule has 3 aromatic carbocycles. The number of hydrogen-bond donors (Lipinski definition) is 1. The van der Waals surface area contributed by atoms with Gasteiger partial charge in [-0.1, -0.05) is 29.3 Å². The Balaban J connectivity index is 1.78. The Morgan fingerprint density at radius 2 is 1.85 bits per heavy atom. The van der Waals surface area contributed by atoms with E-state index in [0.717, 1.165) is 21.3 Å². The van der Waals surface area contributed by atoms with Gasteiger partial charge < -0.3 is 9.47 Å². The Labute approximate surface area is 216 Å². The summed E-state index contributed by atoms with van der Waals surface area (Å²) in [5.41, 5.74) is 3.06. The first-order valence-electron chi connectivity index (χ1n) is 9.35. The van der Waals surface area contributed by atoms with Crippen molar-refractivity contribution in [2.24, 2.45) is 5.10 Å². The third kappa shape index (κ3) is 6.24. The quantitative estimate of drug-likeness (QED) is 0.127. The lowest BCUT2D eigenvalue weighted by Gasteiger charge is -2.14. The van der Waals surface area contributed by atoms with Gasteiger partial charge in [-0.3, -0.25) is 25.7 Å². The van der Waals surface area contributed by atoms with Gasteiger partial charge in [0.05, 0.1) is 32.8 Å². The summed E-state index contributed by atoms with van der Waals surface area (Å²) in [5.74, 6) is 0.949. The minimum Gasteiger partial charge on any atom is -0.493 e. The molecule has 0 aromatic heterocycles. The zero-order chi connectivity index (χ0) is 24.8. The number of nitro benzene ring substituents is 2. The van der Waals surface area contributed by atoms with Crippen molar-refractivity contribution in [3.05, 3.63) is 93.5 Å². The monoisotopic (exact) mass is 616 g/mol. The number of ether oxygens (including phenoxy) is 2. The van der Waals surface area contributed by atoms with Crippen LogP contribution in [0.25, 0.3) is 0 Å². The van der Waals surface area contributed by atoms with Crippen LogP contribution in [-0.4, -0.2) is 23.2 Å². The second kappa shape index (κ2) is 11.3. The molecule has 0 amide bonds. The van der Waals surface area contributed by atoms with Crippen LogP contribution < -0.4 is 14.9 Å². The molecule has 0 atom stereocenters. The smallest absolute Gasteiger partial charge is 0.301 e. The molecule has 0 radical (unpaired) electrons. The molecule has 13 heteroatoms. The van der Waals surface area contributed by atoms with Crippen LogP contribution in [0.4, 0.5) is 17.1 Å². The number of hydrogen-bond acceptors (Lipinski definition) is 8. The number of halogens is 3. The van der Waals surface area contributed by atoms with Crippen molar-refractivity contribution in [3.63, 3.8) is 0 Å². The standard InChI is InChI=1S/C21H15Cl2IN4O6/c1-33-20-7-12(6-17(24)21(20)34-11-13-2-3-14(22)8-16(13)23)10-25-26-18-5-4-15(27(29)30)9-19(18)28(31)32/h2-10,26H,11H2,1H3/b25-10+. The molecule has 176 valence electrons. The van der Waals surface area contributed by atoms with Crippen molar-refractivity contribution in [3.8, 4) is 11.5 Å². The summed E-state index contributed by atoms with van der Waals surface area (Å²) in [6.45, 7) is 0.196. The SMILES string of the molecule is COc1cc(/C=N/Nc2ccc([N+](=O)[O-])cc2[N+](=O)[O-])cc(I)c1OCc1ccc(Cl)cc1Cl. The highest BCUT2D eigenvalue weighted by molar-refractivity contribution is 14.1. The van der Waals surface area contributed by atoms with Crippen molar-refractivity contribution in [1.82, 2.24) is 0 Å². The highest BCUT2D eigenvalue weighted by Gasteiger charge is 2.19. The number of non-ortho nitro benzene ring substituents is 1. The van der Waals surface area contributed by atoms with E-state index in [-0.39, 0.29) is 12.3 Å². The lowest BCUT2D eigenvalue weighted by molar-refractivity contribution is -0.393. The molecule has 0 spiro atoms. The van der Waals surface area contributed by atoms with Crippen molar-refractivity contribution >= 4 is 69.1 Å². The Bertz CT molecular complexity index is 1290. The minimum absolute atomic E-state index is 0.00769. The molecule has 0 saturated carbocycles. The van der Waals surface area contributed by atoms with E-state index in [1.165, 1.54) is 19.4 Å². The summed E-state index contributed by atoms with van der Waals surface area (Å²) < 4.78 is 12.1. The lowest BCUT2D eigenvalue weighted by atomic mass is 10.2. The number of nitro groups is 2. The normalized spacial score (nSPS) is 10.8. The van der Waals surface area contributed by atoms with Gasteiger partial charge >= 0.3 is 5.69 Å². The Hall–Kier alpha value is -3.16. The molecule has 3 rings (SSSR count). The van der Waals surface area contributed by atoms with E-state index >= 15 is 0 Å². The first-order valence-corrected chi connectivity index (χ1v) is 11.2. The van der Waals surface area contributed by atoms with E-state index in [1.54, 1.807) is 30.3 Å². The number of rotatable bonds is 9. The van der Waals surface area contributed by atoms with Crippen LogP contribution in [0.2, 0.25) is 10.0 Å². The van der Waals surface area contributed by atoms with Gasteiger partial charge in [-0.2, -0.15) is 5.10 Å². The van der Waals surface area contributed by atoms with Crippen molar-refractivity contribution in [2.45, 2.75) is 6.61 Å². The Kier molecular flexibility index (Phi) is 8.47. The van der Waals surface area contributed by atoms with Crippen LogP contribution >= 0.6 is 45.8 Å². The topological polar surface area (TPSA) is 129 Å². The average Bonchev–Trinajstić information content (AvgIpc) is 2.79. The number of benzene rings is 3. The Morgan fingerprint density at radius 3 is 2.50 bits per heavy atom. The average molecular weight is 617 g/mol. The first kappa shape index (κ1) is 25.5. The fourth-order valence-corrected chi connectivity index (χ4v) is 4.04. The number of nitrogens with one attached hydrogen (secondary N) is 1. The lowest BCUT2D eigenvalue weighted by Crippen LogP contribution is -2.02. The fourth-order valence-electron chi connectivity index (χ4n) is 2.80. The second-order valence-electron chi connectivity index (χ2n) is 6.64. The molecule has 0 bridgehead atoms. The van der Waals surface area contributed by atoms with Crippen molar-refractivity contribution in [2.75, 3.05) is 12.5 Å². The number of nitrogens with zero attached hydrogens (tertiary/aromatic N) is 3. The summed E-state index contributed by atoms with van der Waals surface area (Å²) in [6.07, 6.45) is 1.43. The van der Waals surface area contributed by atoms with Gasteiger partial charge in [-0.05, 0) is 58.5 Å². The fraction of sp³-hybridized carbons (Fsp3) is 0.0952. The molecule has 1 N–H and O–H groups in total. The summed E-state index contributed by atoms with van der Waals surface area (Å²) in [4.78, 5) is 20.7. The molecule has 3 aromatic rings. The van der Waals surface area contributed by atoms with Crippen LogP contribution in [0.15, 0.2) is 53.6 Å². The first-order chi connectivity index (χ1) is 16.2. The summed E-state index contributed by atoms with van der Waals surface area (Å²) >= 11 is 14.2. The predicted octanol–water partition coefficient (Wildman–Crippen LogP) is 6.45. The number of hydrazone groups is 1. The molecule has 0 unspecified atom stereocenters. The van der Waals surface area contributed by atoms with E-state index in [1.807, 2.05) is 0 Å². The van der Waals surface area contributed by atoms with E-state index in [9.17, 15) is 20.2 Å². The van der Waals surface area contributed by atoms with E-state index < -0.39 is 21.2 Å². The molecule has 0 aliphatic carbocycles. The predicted molar refractivity (Wildman–Crippen MR) is 137 cm³/mol. The third-order valence-electron chi connectivity index (χ3n) is 4.43. The maximum absolute atomic E-state index is 11.2. The van der Waals surface area contributed by atoms with Crippen LogP contribution in [0.3, 0.4) is 0 Å². The van der Waals surface area contributed by atoms with Crippen molar-refractivity contribution in [1.29, 1.82) is 0 Å². The zero-order valence-corrected chi connectivity index (χ0v) is 21.0. The maximum Gasteiger partial charge on any atom is 0.301 e. The molecule has 0 fully saturated rings. The van der Waals surface area contributed by atoms with Gasteiger partial charge in [-0.25, -0.2) is 0 Å². The van der Waals surface area contributed by atoms with E-state index in [2.05, 4.69) is 33.1 Å². The van der Waals surface area contributed by atoms with Crippen LogP contribution in [0.1, 0.15) is 11.1 Å². The van der Waals surface area contributed by atoms with Gasteiger partial charge in [0, 0.05) is 21.7 Å².